The second-order valence-electron chi connectivity index (χ2n) is 6.91. The molecular formula is C20H24ClN3O4. The maximum atomic E-state index is 12.7. The van der Waals surface area contributed by atoms with Crippen LogP contribution in [0.25, 0.3) is 0 Å². The summed E-state index contributed by atoms with van der Waals surface area (Å²) in [4.78, 5) is 20.0. The molecule has 1 aliphatic rings. The number of hydrogen-bond acceptors (Lipinski definition) is 5. The summed E-state index contributed by atoms with van der Waals surface area (Å²) in [7, 11) is 1.62. The van der Waals surface area contributed by atoms with Gasteiger partial charge < -0.3 is 24.2 Å². The predicted octanol–water partition coefficient (Wildman–Crippen LogP) is 4.05. The lowest BCUT2D eigenvalue weighted by Gasteiger charge is -2.26. The number of halogens is 1. The van der Waals surface area contributed by atoms with Crippen LogP contribution in [0.15, 0.2) is 46.0 Å². The highest BCUT2D eigenvalue weighted by molar-refractivity contribution is 6.29. The summed E-state index contributed by atoms with van der Waals surface area (Å²) in [6.07, 6.45) is 0.273. The molecule has 1 aliphatic heterocycles. The van der Waals surface area contributed by atoms with E-state index >= 15 is 0 Å². The largest absolute Gasteiger partial charge is 0.497 e. The molecule has 1 N–H and O–H groups in total. The first-order valence-electron chi connectivity index (χ1n) is 9.11. The summed E-state index contributed by atoms with van der Waals surface area (Å²) >= 11 is 5.83. The Balaban J connectivity index is 1.68. The average molecular weight is 406 g/mol. The zero-order valence-electron chi connectivity index (χ0n) is 16.1. The van der Waals surface area contributed by atoms with Crippen LogP contribution >= 0.6 is 11.6 Å². The Morgan fingerprint density at radius 3 is 2.89 bits per heavy atom. The zero-order chi connectivity index (χ0) is 20.1. The van der Waals surface area contributed by atoms with E-state index in [-0.39, 0.29) is 18.2 Å². The molecule has 8 heteroatoms. The Morgan fingerprint density at radius 1 is 1.39 bits per heavy atom. The van der Waals surface area contributed by atoms with E-state index in [1.165, 1.54) is 0 Å². The quantitative estimate of drug-likeness (QED) is 0.753. The molecule has 0 saturated heterocycles. The minimum Gasteiger partial charge on any atom is -0.497 e. The lowest BCUT2D eigenvalue weighted by atomic mass is 10.1. The standard InChI is InChI=1S/C20H24ClN3O4/c1-13(2)22-20(25)24(11-14-5-4-6-15(9-14)26-3)12-16-10-17(23-28-16)18-7-8-19(21)27-18/h4-9,13,16H,10-12H2,1-3H3,(H,22,25). The lowest BCUT2D eigenvalue weighted by Crippen LogP contribution is -2.45. The normalized spacial score (nSPS) is 15.9. The lowest BCUT2D eigenvalue weighted by molar-refractivity contribution is 0.0586. The summed E-state index contributed by atoms with van der Waals surface area (Å²) in [5.74, 6) is 1.33. The third kappa shape index (κ3) is 5.19. The van der Waals surface area contributed by atoms with Crippen LogP contribution in [0.3, 0.4) is 0 Å². The fourth-order valence-corrected chi connectivity index (χ4v) is 3.08. The molecule has 28 heavy (non-hydrogen) atoms. The van der Waals surface area contributed by atoms with Crippen molar-refractivity contribution in [3.05, 3.63) is 52.9 Å². The number of furan rings is 1. The Bertz CT molecular complexity index is 849. The smallest absolute Gasteiger partial charge is 0.318 e. The highest BCUT2D eigenvalue weighted by Crippen LogP contribution is 2.22. The van der Waals surface area contributed by atoms with Crippen molar-refractivity contribution >= 4 is 23.3 Å². The van der Waals surface area contributed by atoms with Gasteiger partial charge in [0.15, 0.2) is 17.1 Å². The summed E-state index contributed by atoms with van der Waals surface area (Å²) in [5, 5.41) is 7.34. The maximum absolute atomic E-state index is 12.7. The Morgan fingerprint density at radius 2 is 2.21 bits per heavy atom. The van der Waals surface area contributed by atoms with Gasteiger partial charge in [0.2, 0.25) is 0 Å². The molecule has 2 amide bonds. The van der Waals surface area contributed by atoms with Gasteiger partial charge in [0.25, 0.3) is 0 Å². The molecule has 1 atom stereocenters. The molecule has 0 fully saturated rings. The van der Waals surface area contributed by atoms with Crippen LogP contribution < -0.4 is 10.1 Å². The molecule has 3 rings (SSSR count). The monoisotopic (exact) mass is 405 g/mol. The SMILES string of the molecule is COc1cccc(CN(CC2CC(c3ccc(Cl)o3)=NO2)C(=O)NC(C)C)c1. The Kier molecular flexibility index (Phi) is 6.46. The van der Waals surface area contributed by atoms with Crippen molar-refractivity contribution in [3.63, 3.8) is 0 Å². The molecular weight excluding hydrogens is 382 g/mol. The number of carbonyl (C=O) groups excluding carboxylic acids is 1. The van der Waals surface area contributed by atoms with Gasteiger partial charge in [-0.25, -0.2) is 4.79 Å². The van der Waals surface area contributed by atoms with Crippen LogP contribution in [0.1, 0.15) is 31.6 Å². The number of nitrogens with one attached hydrogen (secondary N) is 1. The molecule has 1 aromatic heterocycles. The van der Waals surface area contributed by atoms with Crippen molar-refractivity contribution in [2.45, 2.75) is 39.0 Å². The number of rotatable bonds is 7. The molecule has 0 radical (unpaired) electrons. The van der Waals surface area contributed by atoms with Gasteiger partial charge in [-0.2, -0.15) is 0 Å². The molecule has 0 aliphatic carbocycles. The fourth-order valence-electron chi connectivity index (χ4n) is 2.94. The number of carbonyl (C=O) groups is 1. The predicted molar refractivity (Wildman–Crippen MR) is 107 cm³/mol. The van der Waals surface area contributed by atoms with Crippen molar-refractivity contribution in [1.29, 1.82) is 0 Å². The molecule has 7 nitrogen and oxygen atoms in total. The summed E-state index contributed by atoms with van der Waals surface area (Å²) < 4.78 is 10.7. The number of hydrogen-bond donors (Lipinski definition) is 1. The van der Waals surface area contributed by atoms with Gasteiger partial charge in [0.05, 0.1) is 13.7 Å². The number of methoxy groups -OCH3 is 1. The minimum absolute atomic E-state index is 0.0295. The Labute approximate surface area is 169 Å². The van der Waals surface area contributed by atoms with Crippen LogP contribution in [-0.4, -0.2) is 42.4 Å². The second-order valence-corrected chi connectivity index (χ2v) is 7.28. The first kappa shape index (κ1) is 20.1. The molecule has 150 valence electrons. The molecule has 1 aromatic carbocycles. The number of nitrogens with zero attached hydrogens (tertiary/aromatic N) is 2. The van der Waals surface area contributed by atoms with Gasteiger partial charge >= 0.3 is 6.03 Å². The van der Waals surface area contributed by atoms with E-state index in [1.807, 2.05) is 38.1 Å². The van der Waals surface area contributed by atoms with E-state index in [2.05, 4.69) is 10.5 Å². The van der Waals surface area contributed by atoms with Crippen molar-refractivity contribution < 1.29 is 18.8 Å². The maximum Gasteiger partial charge on any atom is 0.318 e. The van der Waals surface area contributed by atoms with E-state index in [0.717, 1.165) is 11.3 Å². The molecule has 1 unspecified atom stereocenters. The molecule has 0 bridgehead atoms. The summed E-state index contributed by atoms with van der Waals surface area (Å²) in [6.45, 7) is 4.67. The second kappa shape index (κ2) is 9.01. The zero-order valence-corrected chi connectivity index (χ0v) is 16.9. The first-order chi connectivity index (χ1) is 13.4. The molecule has 0 saturated carbocycles. The minimum atomic E-state index is -0.262. The Hall–Kier alpha value is -2.67. The molecule has 0 spiro atoms. The van der Waals surface area contributed by atoms with E-state index in [4.69, 9.17) is 25.6 Å². The van der Waals surface area contributed by atoms with Crippen LogP contribution in [0, 0.1) is 0 Å². The van der Waals surface area contributed by atoms with E-state index in [1.54, 1.807) is 24.1 Å². The van der Waals surface area contributed by atoms with Crippen molar-refractivity contribution in [3.8, 4) is 5.75 Å². The fraction of sp³-hybridized carbons (Fsp3) is 0.400. The van der Waals surface area contributed by atoms with E-state index in [0.29, 0.717) is 36.2 Å². The van der Waals surface area contributed by atoms with Gasteiger partial charge in [-0.15, -0.1) is 0 Å². The van der Waals surface area contributed by atoms with E-state index in [9.17, 15) is 4.79 Å². The molecule has 2 heterocycles. The van der Waals surface area contributed by atoms with Gasteiger partial charge in [-0.05, 0) is 55.3 Å². The van der Waals surface area contributed by atoms with Gasteiger partial charge in [-0.3, -0.25) is 0 Å². The third-order valence-corrected chi connectivity index (χ3v) is 4.42. The number of oxime groups is 1. The average Bonchev–Trinajstić information content (AvgIpc) is 3.29. The van der Waals surface area contributed by atoms with Crippen LogP contribution in [0.4, 0.5) is 4.79 Å². The first-order valence-corrected chi connectivity index (χ1v) is 9.49. The topological polar surface area (TPSA) is 76.3 Å². The van der Waals surface area contributed by atoms with Crippen molar-refractivity contribution in [2.24, 2.45) is 5.16 Å². The summed E-state index contributed by atoms with van der Waals surface area (Å²) in [6, 6.07) is 10.9. The summed E-state index contributed by atoms with van der Waals surface area (Å²) in [5.41, 5.74) is 1.65. The number of amides is 2. The number of ether oxygens (including phenoxy) is 1. The van der Waals surface area contributed by atoms with Gasteiger partial charge in [0, 0.05) is 19.0 Å². The van der Waals surface area contributed by atoms with Crippen molar-refractivity contribution in [1.82, 2.24) is 10.2 Å². The van der Waals surface area contributed by atoms with Gasteiger partial charge in [-0.1, -0.05) is 17.3 Å². The van der Waals surface area contributed by atoms with Crippen LogP contribution in [0.2, 0.25) is 5.22 Å². The highest BCUT2D eigenvalue weighted by Gasteiger charge is 2.28. The van der Waals surface area contributed by atoms with Gasteiger partial charge in [0.1, 0.15) is 11.5 Å². The van der Waals surface area contributed by atoms with Crippen LogP contribution in [0.5, 0.6) is 5.75 Å². The van der Waals surface area contributed by atoms with Crippen LogP contribution in [-0.2, 0) is 11.4 Å². The molecule has 2 aromatic rings. The number of benzene rings is 1. The highest BCUT2D eigenvalue weighted by atomic mass is 35.5. The van der Waals surface area contributed by atoms with Crippen molar-refractivity contribution in [2.75, 3.05) is 13.7 Å². The third-order valence-electron chi connectivity index (χ3n) is 4.22. The van der Waals surface area contributed by atoms with E-state index < -0.39 is 0 Å². The number of urea groups is 1.